The topological polar surface area (TPSA) is 23.5 Å². The second kappa shape index (κ2) is 6.19. The first-order valence-corrected chi connectivity index (χ1v) is 5.69. The zero-order chi connectivity index (χ0) is 12.0. The quantitative estimate of drug-likeness (QED) is 0.766. The van der Waals surface area contributed by atoms with E-state index in [4.69, 9.17) is 6.42 Å². The summed E-state index contributed by atoms with van der Waals surface area (Å²) in [5.74, 6) is 2.65. The average Bonchev–Trinajstić information content (AvgIpc) is 2.35. The van der Waals surface area contributed by atoms with Gasteiger partial charge in [-0.1, -0.05) is 31.0 Å². The van der Waals surface area contributed by atoms with Gasteiger partial charge < -0.3 is 10.0 Å². The van der Waals surface area contributed by atoms with Gasteiger partial charge in [0.2, 0.25) is 0 Å². The Bertz CT molecular complexity index is 367. The normalized spacial score (nSPS) is 11.9. The van der Waals surface area contributed by atoms with E-state index in [0.29, 0.717) is 13.0 Å². The van der Waals surface area contributed by atoms with Crippen LogP contribution in [0.2, 0.25) is 0 Å². The lowest BCUT2D eigenvalue weighted by Crippen LogP contribution is -2.24. The minimum Gasteiger partial charge on any atom is -0.388 e. The van der Waals surface area contributed by atoms with Gasteiger partial charge in [0.05, 0.1) is 12.6 Å². The standard InChI is InChI=1S/C14H19NO/c1-4-11-15(6-3)13-10-8-7-9-12(13)14(16)5-2/h1,7-10,14,16H,5-6,11H2,2-3H3/t14-/m1/s1. The molecular weight excluding hydrogens is 198 g/mol. The summed E-state index contributed by atoms with van der Waals surface area (Å²) >= 11 is 0. The number of rotatable bonds is 5. The molecule has 0 bridgehead atoms. The maximum atomic E-state index is 9.94. The Hall–Kier alpha value is -1.46. The number of hydrogen-bond donors (Lipinski definition) is 1. The summed E-state index contributed by atoms with van der Waals surface area (Å²) in [4.78, 5) is 2.09. The molecule has 2 heteroatoms. The molecule has 1 aromatic carbocycles. The van der Waals surface area contributed by atoms with Crippen LogP contribution in [0.25, 0.3) is 0 Å². The van der Waals surface area contributed by atoms with Gasteiger partial charge in [-0.15, -0.1) is 6.42 Å². The van der Waals surface area contributed by atoms with Gasteiger partial charge >= 0.3 is 0 Å². The molecule has 0 unspecified atom stereocenters. The zero-order valence-electron chi connectivity index (χ0n) is 9.98. The van der Waals surface area contributed by atoms with Crippen molar-refractivity contribution in [3.8, 4) is 12.3 Å². The summed E-state index contributed by atoms with van der Waals surface area (Å²) in [6, 6.07) is 7.89. The summed E-state index contributed by atoms with van der Waals surface area (Å²) in [6.45, 7) is 5.45. The number of aliphatic hydroxyl groups excluding tert-OH is 1. The van der Waals surface area contributed by atoms with Gasteiger partial charge in [-0.05, 0) is 19.4 Å². The van der Waals surface area contributed by atoms with Crippen LogP contribution in [-0.4, -0.2) is 18.2 Å². The molecule has 0 heterocycles. The van der Waals surface area contributed by atoms with Crippen molar-refractivity contribution < 1.29 is 5.11 Å². The molecule has 0 amide bonds. The summed E-state index contributed by atoms with van der Waals surface area (Å²) in [5.41, 5.74) is 2.00. The van der Waals surface area contributed by atoms with Crippen molar-refractivity contribution in [3.05, 3.63) is 29.8 Å². The van der Waals surface area contributed by atoms with Crippen molar-refractivity contribution in [2.75, 3.05) is 18.0 Å². The number of para-hydroxylation sites is 1. The maximum Gasteiger partial charge on any atom is 0.0807 e. The van der Waals surface area contributed by atoms with Crippen LogP contribution in [0.5, 0.6) is 0 Å². The molecule has 0 aliphatic rings. The molecular formula is C14H19NO. The minimum atomic E-state index is -0.414. The molecule has 0 fully saturated rings. The lowest BCUT2D eigenvalue weighted by molar-refractivity contribution is 0.174. The van der Waals surface area contributed by atoms with Crippen molar-refractivity contribution in [2.24, 2.45) is 0 Å². The van der Waals surface area contributed by atoms with E-state index in [1.807, 2.05) is 31.2 Å². The number of hydrogen-bond acceptors (Lipinski definition) is 2. The van der Waals surface area contributed by atoms with Gasteiger partial charge in [0, 0.05) is 17.8 Å². The van der Waals surface area contributed by atoms with E-state index in [0.717, 1.165) is 17.8 Å². The van der Waals surface area contributed by atoms with E-state index in [1.165, 1.54) is 0 Å². The molecule has 1 N–H and O–H groups in total. The molecule has 0 aromatic heterocycles. The molecule has 0 saturated carbocycles. The molecule has 2 nitrogen and oxygen atoms in total. The highest BCUT2D eigenvalue weighted by atomic mass is 16.3. The maximum absolute atomic E-state index is 9.94. The number of benzene rings is 1. The van der Waals surface area contributed by atoms with Crippen LogP contribution in [-0.2, 0) is 0 Å². The van der Waals surface area contributed by atoms with Gasteiger partial charge in [0.1, 0.15) is 0 Å². The van der Waals surface area contributed by atoms with Crippen molar-refractivity contribution in [2.45, 2.75) is 26.4 Å². The second-order valence-electron chi connectivity index (χ2n) is 3.70. The Kier molecular flexibility index (Phi) is 4.88. The number of terminal acetylenes is 1. The first-order chi connectivity index (χ1) is 7.74. The Labute approximate surface area is 97.9 Å². The summed E-state index contributed by atoms with van der Waals surface area (Å²) < 4.78 is 0. The van der Waals surface area contributed by atoms with Gasteiger partial charge in [-0.3, -0.25) is 0 Å². The molecule has 0 radical (unpaired) electrons. The number of anilines is 1. The van der Waals surface area contributed by atoms with Crippen molar-refractivity contribution in [1.29, 1.82) is 0 Å². The fourth-order valence-electron chi connectivity index (χ4n) is 1.75. The predicted octanol–water partition coefficient (Wildman–Crippen LogP) is 2.59. The highest BCUT2D eigenvalue weighted by Gasteiger charge is 2.13. The van der Waals surface area contributed by atoms with E-state index >= 15 is 0 Å². The smallest absolute Gasteiger partial charge is 0.0807 e. The largest absolute Gasteiger partial charge is 0.388 e. The van der Waals surface area contributed by atoms with Gasteiger partial charge in [0.15, 0.2) is 0 Å². The van der Waals surface area contributed by atoms with Crippen LogP contribution in [0.15, 0.2) is 24.3 Å². The molecule has 1 atom stereocenters. The van der Waals surface area contributed by atoms with Gasteiger partial charge in [0.25, 0.3) is 0 Å². The van der Waals surface area contributed by atoms with E-state index < -0.39 is 6.10 Å². The minimum absolute atomic E-state index is 0.414. The van der Waals surface area contributed by atoms with Crippen LogP contribution >= 0.6 is 0 Å². The molecule has 0 spiro atoms. The highest BCUT2D eigenvalue weighted by molar-refractivity contribution is 5.55. The monoisotopic (exact) mass is 217 g/mol. The third kappa shape index (κ3) is 2.77. The SMILES string of the molecule is C#CCN(CC)c1ccccc1[C@H](O)CC. The zero-order valence-corrected chi connectivity index (χ0v) is 9.98. The molecule has 86 valence electrons. The lowest BCUT2D eigenvalue weighted by Gasteiger charge is -2.25. The van der Waals surface area contributed by atoms with Crippen LogP contribution < -0.4 is 4.90 Å². The molecule has 0 aliphatic heterocycles. The van der Waals surface area contributed by atoms with Crippen LogP contribution in [0.3, 0.4) is 0 Å². The van der Waals surface area contributed by atoms with Crippen LogP contribution in [0.4, 0.5) is 5.69 Å². The van der Waals surface area contributed by atoms with E-state index in [-0.39, 0.29) is 0 Å². The lowest BCUT2D eigenvalue weighted by atomic mass is 10.0. The average molecular weight is 217 g/mol. The molecule has 16 heavy (non-hydrogen) atoms. The molecule has 0 aliphatic carbocycles. The van der Waals surface area contributed by atoms with Crippen LogP contribution in [0, 0.1) is 12.3 Å². The molecule has 0 saturated heterocycles. The van der Waals surface area contributed by atoms with E-state index in [2.05, 4.69) is 17.7 Å². The highest BCUT2D eigenvalue weighted by Crippen LogP contribution is 2.27. The Morgan fingerprint density at radius 3 is 2.62 bits per heavy atom. The van der Waals surface area contributed by atoms with Crippen LogP contribution in [0.1, 0.15) is 31.9 Å². The first kappa shape index (κ1) is 12.6. The molecule has 1 aromatic rings. The molecule has 1 rings (SSSR count). The summed E-state index contributed by atoms with van der Waals surface area (Å²) in [7, 11) is 0. The van der Waals surface area contributed by atoms with Crippen molar-refractivity contribution in [3.63, 3.8) is 0 Å². The fourth-order valence-corrected chi connectivity index (χ4v) is 1.75. The first-order valence-electron chi connectivity index (χ1n) is 5.69. The third-order valence-electron chi connectivity index (χ3n) is 2.69. The predicted molar refractivity (Wildman–Crippen MR) is 68.4 cm³/mol. The van der Waals surface area contributed by atoms with E-state index in [1.54, 1.807) is 0 Å². The van der Waals surface area contributed by atoms with Crippen molar-refractivity contribution >= 4 is 5.69 Å². The summed E-state index contributed by atoms with van der Waals surface area (Å²) in [5, 5.41) is 9.94. The Balaban J connectivity index is 3.06. The Morgan fingerprint density at radius 1 is 1.38 bits per heavy atom. The number of nitrogens with zero attached hydrogens (tertiary/aromatic N) is 1. The van der Waals surface area contributed by atoms with Gasteiger partial charge in [-0.25, -0.2) is 0 Å². The van der Waals surface area contributed by atoms with Crippen molar-refractivity contribution in [1.82, 2.24) is 0 Å². The Morgan fingerprint density at radius 2 is 2.06 bits per heavy atom. The number of aliphatic hydroxyl groups is 1. The van der Waals surface area contributed by atoms with Gasteiger partial charge in [-0.2, -0.15) is 0 Å². The third-order valence-corrected chi connectivity index (χ3v) is 2.69. The van der Waals surface area contributed by atoms with E-state index in [9.17, 15) is 5.11 Å². The summed E-state index contributed by atoms with van der Waals surface area (Å²) in [6.07, 6.45) is 5.65. The second-order valence-corrected chi connectivity index (χ2v) is 3.70. The fraction of sp³-hybridized carbons (Fsp3) is 0.429.